The highest BCUT2D eigenvalue weighted by Gasteiger charge is 2.41. The first kappa shape index (κ1) is 20.8. The van der Waals surface area contributed by atoms with Crippen molar-refractivity contribution < 1.29 is 28.7 Å². The Balaban J connectivity index is 1.30. The van der Waals surface area contributed by atoms with Gasteiger partial charge in [-0.1, -0.05) is 24.3 Å². The molecule has 4 rings (SSSR count). The van der Waals surface area contributed by atoms with E-state index >= 15 is 0 Å². The number of rotatable bonds is 6. The van der Waals surface area contributed by atoms with Crippen LogP contribution in [0.2, 0.25) is 0 Å². The quantitative estimate of drug-likeness (QED) is 0.404. The minimum Gasteiger partial charge on any atom is -0.497 e. The summed E-state index contributed by atoms with van der Waals surface area (Å²) in [5.74, 6) is -1.04. The second-order valence-corrected chi connectivity index (χ2v) is 7.79. The number of hydrogen-bond acceptors (Lipinski definition) is 6. The predicted octanol–water partition coefficient (Wildman–Crippen LogP) is 3.28. The first-order valence-corrected chi connectivity index (χ1v) is 10.3. The van der Waals surface area contributed by atoms with Crippen LogP contribution in [0.3, 0.4) is 0 Å². The standard InChI is InChI=1S/C24H23NO6/c1-30-18-6-4-5-16(13-18)21(26)14-31-24(29)15-9-11-17(12-10-15)25-22(27)19-7-2-3-8-20(19)23(25)28/h2-8,13,15,17H,9-12,14H2,1H3. The van der Waals surface area contributed by atoms with Crippen LogP contribution in [0.4, 0.5) is 0 Å². The summed E-state index contributed by atoms with van der Waals surface area (Å²) in [5.41, 5.74) is 1.29. The van der Waals surface area contributed by atoms with Crippen LogP contribution < -0.4 is 4.74 Å². The average molecular weight is 421 g/mol. The van der Waals surface area contributed by atoms with Crippen LogP contribution in [-0.2, 0) is 9.53 Å². The molecule has 160 valence electrons. The van der Waals surface area contributed by atoms with Gasteiger partial charge in [0.15, 0.2) is 12.4 Å². The molecule has 0 saturated heterocycles. The van der Waals surface area contributed by atoms with E-state index in [0.717, 1.165) is 0 Å². The Bertz CT molecular complexity index is 1000. The molecule has 2 aromatic rings. The number of fused-ring (bicyclic) bond motifs is 1. The molecule has 2 aliphatic rings. The number of esters is 1. The summed E-state index contributed by atoms with van der Waals surface area (Å²) in [4.78, 5) is 51.4. The summed E-state index contributed by atoms with van der Waals surface area (Å²) in [5, 5.41) is 0. The fraction of sp³-hybridized carbons (Fsp3) is 0.333. The van der Waals surface area contributed by atoms with E-state index in [1.54, 1.807) is 48.5 Å². The van der Waals surface area contributed by atoms with Crippen molar-refractivity contribution in [3.8, 4) is 5.75 Å². The molecule has 0 unspecified atom stereocenters. The van der Waals surface area contributed by atoms with E-state index in [1.807, 2.05) is 0 Å². The SMILES string of the molecule is COc1cccc(C(=O)COC(=O)C2CCC(N3C(=O)c4ccccc4C3=O)CC2)c1. The van der Waals surface area contributed by atoms with Crippen molar-refractivity contribution in [2.45, 2.75) is 31.7 Å². The topological polar surface area (TPSA) is 90.0 Å². The third-order valence-corrected chi connectivity index (χ3v) is 5.96. The van der Waals surface area contributed by atoms with E-state index in [2.05, 4.69) is 0 Å². The number of carbonyl (C=O) groups is 4. The molecule has 2 amide bonds. The van der Waals surface area contributed by atoms with Crippen molar-refractivity contribution in [2.24, 2.45) is 5.92 Å². The number of ketones is 1. The summed E-state index contributed by atoms with van der Waals surface area (Å²) >= 11 is 0. The van der Waals surface area contributed by atoms with Gasteiger partial charge < -0.3 is 9.47 Å². The van der Waals surface area contributed by atoms with Crippen molar-refractivity contribution in [3.05, 3.63) is 65.2 Å². The van der Waals surface area contributed by atoms with Gasteiger partial charge in [0.25, 0.3) is 11.8 Å². The van der Waals surface area contributed by atoms with Gasteiger partial charge >= 0.3 is 5.97 Å². The first-order chi connectivity index (χ1) is 15.0. The van der Waals surface area contributed by atoms with Crippen LogP contribution in [0.25, 0.3) is 0 Å². The smallest absolute Gasteiger partial charge is 0.309 e. The fourth-order valence-corrected chi connectivity index (χ4v) is 4.24. The molecule has 1 aliphatic heterocycles. The van der Waals surface area contributed by atoms with Gasteiger partial charge in [-0.05, 0) is 49.9 Å². The van der Waals surface area contributed by atoms with Gasteiger partial charge in [-0.15, -0.1) is 0 Å². The Morgan fingerprint density at radius 2 is 1.58 bits per heavy atom. The highest BCUT2D eigenvalue weighted by molar-refractivity contribution is 6.21. The fourth-order valence-electron chi connectivity index (χ4n) is 4.24. The molecule has 1 fully saturated rings. The number of nitrogens with zero attached hydrogens (tertiary/aromatic N) is 1. The molecule has 2 aromatic carbocycles. The second kappa shape index (κ2) is 8.71. The lowest BCUT2D eigenvalue weighted by molar-refractivity contribution is -0.148. The number of amides is 2. The maximum Gasteiger partial charge on any atom is 0.309 e. The monoisotopic (exact) mass is 421 g/mol. The number of benzene rings is 2. The first-order valence-electron chi connectivity index (χ1n) is 10.3. The zero-order chi connectivity index (χ0) is 22.0. The summed E-state index contributed by atoms with van der Waals surface area (Å²) in [7, 11) is 1.52. The normalized spacial score (nSPS) is 20.4. The van der Waals surface area contributed by atoms with E-state index < -0.39 is 5.97 Å². The Morgan fingerprint density at radius 3 is 2.19 bits per heavy atom. The highest BCUT2D eigenvalue weighted by atomic mass is 16.5. The minimum atomic E-state index is -0.419. The Hall–Kier alpha value is -3.48. The molecule has 0 atom stereocenters. The van der Waals surface area contributed by atoms with Crippen LogP contribution in [-0.4, -0.2) is 48.2 Å². The van der Waals surface area contributed by atoms with Gasteiger partial charge in [-0.25, -0.2) is 0 Å². The molecule has 1 saturated carbocycles. The number of methoxy groups -OCH3 is 1. The van der Waals surface area contributed by atoms with Gasteiger partial charge in [-0.3, -0.25) is 24.1 Å². The molecule has 7 nitrogen and oxygen atoms in total. The number of carbonyl (C=O) groups excluding carboxylic acids is 4. The number of Topliss-reactive ketones (excluding diaryl/α,β-unsaturated/α-hetero) is 1. The molecule has 0 bridgehead atoms. The maximum absolute atomic E-state index is 12.6. The number of hydrogen-bond donors (Lipinski definition) is 0. The number of imide groups is 1. The Morgan fingerprint density at radius 1 is 0.935 bits per heavy atom. The van der Waals surface area contributed by atoms with E-state index in [-0.39, 0.29) is 36.2 Å². The summed E-state index contributed by atoms with van der Waals surface area (Å²) in [6.07, 6.45) is 2.08. The maximum atomic E-state index is 12.6. The van der Waals surface area contributed by atoms with Crippen molar-refractivity contribution in [1.82, 2.24) is 4.90 Å². The molecule has 31 heavy (non-hydrogen) atoms. The van der Waals surface area contributed by atoms with E-state index in [0.29, 0.717) is 48.1 Å². The van der Waals surface area contributed by atoms with Crippen molar-refractivity contribution in [2.75, 3.05) is 13.7 Å². The molecule has 1 heterocycles. The minimum absolute atomic E-state index is 0.227. The molecular weight excluding hydrogens is 398 g/mol. The lowest BCUT2D eigenvalue weighted by Gasteiger charge is -2.32. The Labute approximate surface area is 179 Å². The average Bonchev–Trinajstić information content (AvgIpc) is 3.07. The van der Waals surface area contributed by atoms with Crippen LogP contribution in [0.15, 0.2) is 48.5 Å². The van der Waals surface area contributed by atoms with E-state index in [9.17, 15) is 19.2 Å². The van der Waals surface area contributed by atoms with Crippen molar-refractivity contribution in [3.63, 3.8) is 0 Å². The van der Waals surface area contributed by atoms with Crippen LogP contribution in [0.1, 0.15) is 56.8 Å². The van der Waals surface area contributed by atoms with Crippen molar-refractivity contribution >= 4 is 23.6 Å². The van der Waals surface area contributed by atoms with Gasteiger partial charge in [0, 0.05) is 11.6 Å². The van der Waals surface area contributed by atoms with Gasteiger partial charge in [0.05, 0.1) is 24.2 Å². The lowest BCUT2D eigenvalue weighted by Crippen LogP contribution is -2.42. The van der Waals surface area contributed by atoms with Crippen LogP contribution in [0.5, 0.6) is 5.75 Å². The van der Waals surface area contributed by atoms with E-state index in [4.69, 9.17) is 9.47 Å². The zero-order valence-electron chi connectivity index (χ0n) is 17.2. The van der Waals surface area contributed by atoms with Gasteiger partial charge in [-0.2, -0.15) is 0 Å². The van der Waals surface area contributed by atoms with Gasteiger partial charge in [0.1, 0.15) is 5.75 Å². The molecule has 0 radical (unpaired) electrons. The largest absolute Gasteiger partial charge is 0.497 e. The third kappa shape index (κ3) is 4.08. The van der Waals surface area contributed by atoms with E-state index in [1.165, 1.54) is 12.0 Å². The number of ether oxygens (including phenoxy) is 2. The molecular formula is C24H23NO6. The predicted molar refractivity (Wildman–Crippen MR) is 111 cm³/mol. The summed E-state index contributed by atoms with van der Waals surface area (Å²) in [6, 6.07) is 13.3. The van der Waals surface area contributed by atoms with Crippen LogP contribution in [0, 0.1) is 5.92 Å². The van der Waals surface area contributed by atoms with Crippen molar-refractivity contribution in [1.29, 1.82) is 0 Å². The lowest BCUT2D eigenvalue weighted by atomic mass is 9.85. The molecule has 7 heteroatoms. The molecule has 0 spiro atoms. The van der Waals surface area contributed by atoms with Crippen LogP contribution >= 0.6 is 0 Å². The molecule has 0 aromatic heterocycles. The molecule has 1 aliphatic carbocycles. The summed E-state index contributed by atoms with van der Waals surface area (Å²) in [6.45, 7) is -0.329. The summed E-state index contributed by atoms with van der Waals surface area (Å²) < 4.78 is 10.3. The third-order valence-electron chi connectivity index (χ3n) is 5.96. The zero-order valence-corrected chi connectivity index (χ0v) is 17.2. The Kier molecular flexibility index (Phi) is 5.84. The second-order valence-electron chi connectivity index (χ2n) is 7.79. The van der Waals surface area contributed by atoms with Gasteiger partial charge in [0.2, 0.25) is 0 Å². The highest BCUT2D eigenvalue weighted by Crippen LogP contribution is 2.33. The molecule has 0 N–H and O–H groups in total.